The second-order valence-corrected chi connectivity index (χ2v) is 24.9. The first-order valence-electron chi connectivity index (χ1n) is 35.9. The van der Waals surface area contributed by atoms with Crippen molar-refractivity contribution in [2.24, 2.45) is 0 Å². The maximum absolute atomic E-state index is 12.5. The van der Waals surface area contributed by atoms with E-state index in [0.717, 1.165) is 44.9 Å². The molecule has 464 valence electrons. The normalized spacial score (nSPS) is 12.5. The van der Waals surface area contributed by atoms with E-state index in [2.05, 4.69) is 31.3 Å². The monoisotopic (exact) mass is 1100 g/mol. The van der Waals surface area contributed by atoms with Gasteiger partial charge in [-0.2, -0.15) is 0 Å². The minimum absolute atomic E-state index is 0.0106. The van der Waals surface area contributed by atoms with Gasteiger partial charge in [-0.25, -0.2) is 0 Å². The molecule has 1 amide bonds. The van der Waals surface area contributed by atoms with Gasteiger partial charge in [-0.05, 0) is 51.4 Å². The molecule has 0 aliphatic rings. The molecule has 0 rings (SSSR count). The number of aliphatic hydroxyl groups is 2. The molecule has 0 heterocycles. The van der Waals surface area contributed by atoms with Gasteiger partial charge in [0, 0.05) is 12.8 Å². The van der Waals surface area contributed by atoms with E-state index < -0.39 is 12.1 Å². The van der Waals surface area contributed by atoms with Gasteiger partial charge in [0.05, 0.1) is 25.4 Å². The molecule has 3 N–H and O–H groups in total. The Bertz CT molecular complexity index is 1180. The largest absolute Gasteiger partial charge is 0.466 e. The van der Waals surface area contributed by atoms with Crippen LogP contribution in [0.15, 0.2) is 12.2 Å². The van der Waals surface area contributed by atoms with Crippen LogP contribution in [0, 0.1) is 0 Å². The Morgan fingerprint density at radius 3 is 0.910 bits per heavy atom. The van der Waals surface area contributed by atoms with E-state index in [-0.39, 0.29) is 18.5 Å². The van der Waals surface area contributed by atoms with Crippen LogP contribution in [0.1, 0.15) is 412 Å². The highest BCUT2D eigenvalue weighted by Gasteiger charge is 2.20. The van der Waals surface area contributed by atoms with Crippen LogP contribution in [0.3, 0.4) is 0 Å². The highest BCUT2D eigenvalue weighted by molar-refractivity contribution is 5.76. The average molecular weight is 1100 g/mol. The molecule has 0 saturated carbocycles. The fourth-order valence-electron chi connectivity index (χ4n) is 11.6. The second-order valence-electron chi connectivity index (χ2n) is 24.9. The Balaban J connectivity index is 3.35. The minimum atomic E-state index is -0.663. The Kier molecular flexibility index (Phi) is 66.9. The second kappa shape index (κ2) is 68.1. The van der Waals surface area contributed by atoms with Crippen molar-refractivity contribution in [3.05, 3.63) is 12.2 Å². The number of ether oxygens (including phenoxy) is 1. The lowest BCUT2D eigenvalue weighted by Gasteiger charge is -2.22. The average Bonchev–Trinajstić information content (AvgIpc) is 3.44. The van der Waals surface area contributed by atoms with Crippen molar-refractivity contribution in [3.8, 4) is 0 Å². The van der Waals surface area contributed by atoms with Crippen LogP contribution in [-0.2, 0) is 14.3 Å². The van der Waals surface area contributed by atoms with Gasteiger partial charge in [0.25, 0.3) is 0 Å². The van der Waals surface area contributed by atoms with Crippen LogP contribution >= 0.6 is 0 Å². The highest BCUT2D eigenvalue weighted by atomic mass is 16.5. The van der Waals surface area contributed by atoms with Crippen molar-refractivity contribution in [3.63, 3.8) is 0 Å². The van der Waals surface area contributed by atoms with Crippen molar-refractivity contribution >= 4 is 11.9 Å². The van der Waals surface area contributed by atoms with Crippen LogP contribution in [-0.4, -0.2) is 47.4 Å². The summed E-state index contributed by atoms with van der Waals surface area (Å²) in [4.78, 5) is 24.6. The number of unbranched alkanes of at least 4 members (excludes halogenated alkanes) is 55. The molecule has 0 fully saturated rings. The first-order valence-corrected chi connectivity index (χ1v) is 35.9. The van der Waals surface area contributed by atoms with Gasteiger partial charge in [0.15, 0.2) is 0 Å². The first-order chi connectivity index (χ1) is 38.5. The summed E-state index contributed by atoms with van der Waals surface area (Å²) in [5.74, 6) is -0.0169. The van der Waals surface area contributed by atoms with Crippen molar-refractivity contribution in [1.82, 2.24) is 5.32 Å². The zero-order valence-corrected chi connectivity index (χ0v) is 53.2. The summed E-state index contributed by atoms with van der Waals surface area (Å²) in [6.45, 7) is 4.99. The summed E-state index contributed by atoms with van der Waals surface area (Å²) >= 11 is 0. The molecule has 0 radical (unpaired) electrons. The van der Waals surface area contributed by atoms with Crippen LogP contribution in [0.5, 0.6) is 0 Å². The van der Waals surface area contributed by atoms with Crippen LogP contribution in [0.4, 0.5) is 0 Å². The van der Waals surface area contributed by atoms with Gasteiger partial charge < -0.3 is 20.3 Å². The molecule has 0 aromatic rings. The van der Waals surface area contributed by atoms with E-state index in [1.807, 2.05) is 0 Å². The number of hydrogen-bond acceptors (Lipinski definition) is 5. The van der Waals surface area contributed by atoms with E-state index in [1.165, 1.54) is 334 Å². The number of hydrogen-bond donors (Lipinski definition) is 3. The lowest BCUT2D eigenvalue weighted by molar-refractivity contribution is -0.143. The topological polar surface area (TPSA) is 95.9 Å². The lowest BCUT2D eigenvalue weighted by Crippen LogP contribution is -2.45. The number of nitrogens with one attached hydrogen (secondary N) is 1. The summed E-state index contributed by atoms with van der Waals surface area (Å²) in [7, 11) is 0. The van der Waals surface area contributed by atoms with Crippen LogP contribution < -0.4 is 5.32 Å². The third-order valence-corrected chi connectivity index (χ3v) is 17.1. The van der Waals surface area contributed by atoms with Gasteiger partial charge in [0.2, 0.25) is 5.91 Å². The highest BCUT2D eigenvalue weighted by Crippen LogP contribution is 2.19. The van der Waals surface area contributed by atoms with E-state index in [4.69, 9.17) is 4.74 Å². The van der Waals surface area contributed by atoms with Crippen LogP contribution in [0.25, 0.3) is 0 Å². The third-order valence-electron chi connectivity index (χ3n) is 17.1. The molecule has 6 heteroatoms. The molecule has 0 aromatic heterocycles. The number of carbonyl (C=O) groups is 2. The molecule has 6 nitrogen and oxygen atoms in total. The molecule has 0 saturated heterocycles. The fourth-order valence-corrected chi connectivity index (χ4v) is 11.6. The summed E-state index contributed by atoms with van der Waals surface area (Å²) in [5.41, 5.74) is 0. The SMILES string of the molecule is CCCCCCC/C=C\CCCCCCCC(=O)OCCCCCCCCCCCCCCCCCCCCCCCCCCCCCC(=O)NC(CO)C(O)CCCCCCCCCCCCCCCCCCCCCC. The molecule has 2 atom stereocenters. The predicted molar refractivity (Wildman–Crippen MR) is 343 cm³/mol. The van der Waals surface area contributed by atoms with Gasteiger partial charge in [-0.15, -0.1) is 0 Å². The number of rotatable bonds is 68. The van der Waals surface area contributed by atoms with E-state index >= 15 is 0 Å². The quantitative estimate of drug-likeness (QED) is 0.0320. The number of esters is 1. The van der Waals surface area contributed by atoms with Gasteiger partial charge in [-0.1, -0.05) is 360 Å². The Morgan fingerprint density at radius 1 is 0.346 bits per heavy atom. The van der Waals surface area contributed by atoms with E-state index in [9.17, 15) is 19.8 Å². The maximum atomic E-state index is 12.5. The number of amides is 1. The zero-order chi connectivity index (χ0) is 56.4. The molecule has 0 aliphatic carbocycles. The summed E-state index contributed by atoms with van der Waals surface area (Å²) < 4.78 is 5.49. The molecule has 78 heavy (non-hydrogen) atoms. The van der Waals surface area contributed by atoms with Crippen molar-refractivity contribution in [2.45, 2.75) is 424 Å². The van der Waals surface area contributed by atoms with Gasteiger partial charge >= 0.3 is 5.97 Å². The molecular weight excluding hydrogens is 959 g/mol. The summed E-state index contributed by atoms with van der Waals surface area (Å²) in [6, 6.07) is -0.539. The number of aliphatic hydroxyl groups excluding tert-OH is 2. The minimum Gasteiger partial charge on any atom is -0.466 e. The lowest BCUT2D eigenvalue weighted by atomic mass is 10.0. The van der Waals surface area contributed by atoms with Crippen molar-refractivity contribution in [1.29, 1.82) is 0 Å². The first kappa shape index (κ1) is 76.6. The Labute approximate surface area is 489 Å². The summed E-state index contributed by atoms with van der Waals surface area (Å²) in [6.07, 6.45) is 84.1. The number of allylic oxidation sites excluding steroid dienone is 2. The van der Waals surface area contributed by atoms with Crippen molar-refractivity contribution in [2.75, 3.05) is 13.2 Å². The molecule has 0 bridgehead atoms. The predicted octanol–water partition coefficient (Wildman–Crippen LogP) is 23.1. The molecule has 0 spiro atoms. The van der Waals surface area contributed by atoms with E-state index in [0.29, 0.717) is 25.9 Å². The van der Waals surface area contributed by atoms with Gasteiger partial charge in [0.1, 0.15) is 0 Å². The molecule has 0 aliphatic heterocycles. The zero-order valence-electron chi connectivity index (χ0n) is 53.2. The third kappa shape index (κ3) is 63.8. The van der Waals surface area contributed by atoms with E-state index in [1.54, 1.807) is 0 Å². The Morgan fingerprint density at radius 2 is 0.603 bits per heavy atom. The van der Waals surface area contributed by atoms with Crippen molar-refractivity contribution < 1.29 is 24.5 Å². The Hall–Kier alpha value is -1.40. The fraction of sp³-hybridized carbons (Fsp3) is 0.944. The maximum Gasteiger partial charge on any atom is 0.305 e. The molecule has 2 unspecified atom stereocenters. The molecular formula is C72H141NO5. The smallest absolute Gasteiger partial charge is 0.305 e. The van der Waals surface area contributed by atoms with Crippen LogP contribution in [0.2, 0.25) is 0 Å². The standard InChI is InChI=1S/C72H141NO5/c1-3-5-7-9-11-13-15-17-19-20-21-31-34-37-40-44-48-52-56-60-64-70(75)69(68-74)73-71(76)65-61-57-53-49-45-41-38-35-32-29-27-25-23-22-24-26-28-30-33-36-39-43-47-51-55-59-63-67-78-72(77)66-62-58-54-50-46-42-18-16-14-12-10-8-6-4-2/h16,18,69-70,74-75H,3-15,17,19-68H2,1-2H3,(H,73,76)/b18-16-. The molecule has 0 aromatic carbocycles. The number of carbonyl (C=O) groups excluding carboxylic acids is 2. The van der Waals surface area contributed by atoms with Gasteiger partial charge in [-0.3, -0.25) is 9.59 Å². The summed E-state index contributed by atoms with van der Waals surface area (Å²) in [5, 5.41) is 23.4.